The summed E-state index contributed by atoms with van der Waals surface area (Å²) in [5, 5.41) is 4.06. The highest BCUT2D eigenvalue weighted by Gasteiger charge is 2.29. The molecule has 104 valence electrons. The molecule has 4 heteroatoms. The van der Waals surface area contributed by atoms with Gasteiger partial charge in [-0.2, -0.15) is 4.98 Å². The van der Waals surface area contributed by atoms with Crippen LogP contribution in [0, 0.1) is 0 Å². The Labute approximate surface area is 118 Å². The standard InChI is InChI=1S/C16H18N2O2/c1-3-11-9-14(7-6-13(11)8-10(2)19)15-17-16(20-18-15)12-4-5-12/h6-7,9,12H,3-5,8H2,1-2H3. The van der Waals surface area contributed by atoms with E-state index in [0.717, 1.165) is 36.3 Å². The summed E-state index contributed by atoms with van der Waals surface area (Å²) in [4.78, 5) is 15.7. The summed E-state index contributed by atoms with van der Waals surface area (Å²) in [6.07, 6.45) is 3.69. The molecule has 0 unspecified atom stereocenters. The summed E-state index contributed by atoms with van der Waals surface area (Å²) in [5.74, 6) is 2.06. The summed E-state index contributed by atoms with van der Waals surface area (Å²) in [6, 6.07) is 6.04. The molecule has 20 heavy (non-hydrogen) atoms. The summed E-state index contributed by atoms with van der Waals surface area (Å²) in [5.41, 5.74) is 3.23. The molecule has 1 fully saturated rings. The lowest BCUT2D eigenvalue weighted by Gasteiger charge is -2.07. The molecule has 1 aliphatic carbocycles. The maximum atomic E-state index is 11.3. The van der Waals surface area contributed by atoms with Gasteiger partial charge in [0.25, 0.3) is 0 Å². The van der Waals surface area contributed by atoms with Crippen molar-refractivity contribution >= 4 is 5.78 Å². The number of hydrogen-bond donors (Lipinski definition) is 0. The first-order valence-corrected chi connectivity index (χ1v) is 7.12. The molecule has 1 aromatic heterocycles. The molecule has 1 aliphatic rings. The number of ketones is 1. The van der Waals surface area contributed by atoms with E-state index in [2.05, 4.69) is 23.1 Å². The third-order valence-electron chi connectivity index (χ3n) is 3.65. The first kappa shape index (κ1) is 13.0. The lowest BCUT2D eigenvalue weighted by molar-refractivity contribution is -0.116. The van der Waals surface area contributed by atoms with Gasteiger partial charge in [-0.1, -0.05) is 24.2 Å². The summed E-state index contributed by atoms with van der Waals surface area (Å²) >= 11 is 0. The Bertz CT molecular complexity index is 642. The minimum Gasteiger partial charge on any atom is -0.339 e. The van der Waals surface area contributed by atoms with Crippen molar-refractivity contribution in [1.82, 2.24) is 10.1 Å². The molecule has 0 saturated heterocycles. The minimum absolute atomic E-state index is 0.183. The summed E-state index contributed by atoms with van der Waals surface area (Å²) in [7, 11) is 0. The second kappa shape index (κ2) is 5.19. The number of nitrogens with zero attached hydrogens (tertiary/aromatic N) is 2. The van der Waals surface area contributed by atoms with E-state index < -0.39 is 0 Å². The van der Waals surface area contributed by atoms with E-state index in [1.165, 1.54) is 5.56 Å². The zero-order chi connectivity index (χ0) is 14.1. The molecule has 2 aromatic rings. The van der Waals surface area contributed by atoms with Gasteiger partial charge in [0.15, 0.2) is 0 Å². The number of benzene rings is 1. The Hall–Kier alpha value is -1.97. The highest BCUT2D eigenvalue weighted by atomic mass is 16.5. The van der Waals surface area contributed by atoms with Crippen LogP contribution in [-0.2, 0) is 17.6 Å². The van der Waals surface area contributed by atoms with Crippen molar-refractivity contribution in [2.75, 3.05) is 0 Å². The highest BCUT2D eigenvalue weighted by Crippen LogP contribution is 2.39. The van der Waals surface area contributed by atoms with E-state index in [1.807, 2.05) is 12.1 Å². The highest BCUT2D eigenvalue weighted by molar-refractivity contribution is 5.78. The minimum atomic E-state index is 0.183. The third kappa shape index (κ3) is 2.64. The molecular formula is C16H18N2O2. The van der Waals surface area contributed by atoms with Crippen LogP contribution in [0.4, 0.5) is 0 Å². The van der Waals surface area contributed by atoms with Crippen LogP contribution in [0.2, 0.25) is 0 Å². The van der Waals surface area contributed by atoms with Crippen LogP contribution in [0.5, 0.6) is 0 Å². The maximum Gasteiger partial charge on any atom is 0.230 e. The topological polar surface area (TPSA) is 56.0 Å². The number of hydrogen-bond acceptors (Lipinski definition) is 4. The van der Waals surface area contributed by atoms with Gasteiger partial charge >= 0.3 is 0 Å². The third-order valence-corrected chi connectivity index (χ3v) is 3.65. The van der Waals surface area contributed by atoms with Crippen LogP contribution in [0.3, 0.4) is 0 Å². The van der Waals surface area contributed by atoms with E-state index in [0.29, 0.717) is 18.2 Å². The second-order valence-electron chi connectivity index (χ2n) is 5.45. The lowest BCUT2D eigenvalue weighted by Crippen LogP contribution is -2.01. The molecule has 4 nitrogen and oxygen atoms in total. The van der Waals surface area contributed by atoms with Gasteiger partial charge in [0, 0.05) is 17.9 Å². The monoisotopic (exact) mass is 270 g/mol. The second-order valence-corrected chi connectivity index (χ2v) is 5.45. The fraction of sp³-hybridized carbons (Fsp3) is 0.438. The van der Waals surface area contributed by atoms with Crippen molar-refractivity contribution in [1.29, 1.82) is 0 Å². The SMILES string of the molecule is CCc1cc(-c2noc(C3CC3)n2)ccc1CC(C)=O. The van der Waals surface area contributed by atoms with Crippen molar-refractivity contribution in [2.24, 2.45) is 0 Å². The first-order valence-electron chi connectivity index (χ1n) is 7.12. The lowest BCUT2D eigenvalue weighted by atomic mass is 9.98. The molecule has 1 heterocycles. The average molecular weight is 270 g/mol. The number of rotatable bonds is 5. The van der Waals surface area contributed by atoms with Crippen molar-refractivity contribution in [3.05, 3.63) is 35.2 Å². The number of aromatic nitrogens is 2. The zero-order valence-corrected chi connectivity index (χ0v) is 11.8. The Morgan fingerprint density at radius 2 is 2.15 bits per heavy atom. The van der Waals surface area contributed by atoms with Crippen LogP contribution in [0.15, 0.2) is 22.7 Å². The fourth-order valence-electron chi connectivity index (χ4n) is 2.38. The molecule has 0 spiro atoms. The van der Waals surface area contributed by atoms with Gasteiger partial charge in [-0.3, -0.25) is 4.79 Å². The average Bonchev–Trinajstić information content (AvgIpc) is 3.17. The van der Waals surface area contributed by atoms with E-state index in [1.54, 1.807) is 6.92 Å². The van der Waals surface area contributed by atoms with Crippen LogP contribution < -0.4 is 0 Å². The van der Waals surface area contributed by atoms with Gasteiger partial charge in [0.05, 0.1) is 0 Å². The number of carbonyl (C=O) groups excluding carboxylic acids is 1. The summed E-state index contributed by atoms with van der Waals surface area (Å²) < 4.78 is 5.30. The Balaban J connectivity index is 1.90. The molecule has 1 aromatic carbocycles. The molecular weight excluding hydrogens is 252 g/mol. The largest absolute Gasteiger partial charge is 0.339 e. The fourth-order valence-corrected chi connectivity index (χ4v) is 2.38. The molecule has 0 atom stereocenters. The predicted octanol–water partition coefficient (Wildman–Crippen LogP) is 3.31. The van der Waals surface area contributed by atoms with Gasteiger partial charge in [0.1, 0.15) is 5.78 Å². The molecule has 0 aliphatic heterocycles. The van der Waals surface area contributed by atoms with Gasteiger partial charge in [0.2, 0.25) is 11.7 Å². The Morgan fingerprint density at radius 1 is 1.35 bits per heavy atom. The number of carbonyl (C=O) groups is 1. The van der Waals surface area contributed by atoms with Crippen molar-refractivity contribution in [3.8, 4) is 11.4 Å². The molecule has 1 saturated carbocycles. The van der Waals surface area contributed by atoms with Gasteiger partial charge < -0.3 is 4.52 Å². The quantitative estimate of drug-likeness (QED) is 0.836. The van der Waals surface area contributed by atoms with Crippen molar-refractivity contribution in [3.63, 3.8) is 0 Å². The van der Waals surface area contributed by atoms with Crippen LogP contribution in [-0.4, -0.2) is 15.9 Å². The molecule has 0 bridgehead atoms. The first-order chi connectivity index (χ1) is 9.67. The van der Waals surface area contributed by atoms with E-state index in [-0.39, 0.29) is 5.78 Å². The molecule has 3 rings (SSSR count). The Morgan fingerprint density at radius 3 is 2.80 bits per heavy atom. The molecule has 0 amide bonds. The smallest absolute Gasteiger partial charge is 0.230 e. The van der Waals surface area contributed by atoms with E-state index >= 15 is 0 Å². The van der Waals surface area contributed by atoms with Crippen molar-refractivity contribution < 1.29 is 9.32 Å². The van der Waals surface area contributed by atoms with E-state index in [4.69, 9.17) is 4.52 Å². The maximum absolute atomic E-state index is 11.3. The van der Waals surface area contributed by atoms with Crippen molar-refractivity contribution in [2.45, 2.75) is 45.4 Å². The number of Topliss-reactive ketones (excluding diaryl/α,β-unsaturated/α-hetero) is 1. The van der Waals surface area contributed by atoms with Gasteiger partial charge in [-0.15, -0.1) is 0 Å². The molecule has 0 N–H and O–H groups in total. The predicted molar refractivity (Wildman–Crippen MR) is 75.5 cm³/mol. The van der Waals surface area contributed by atoms with E-state index in [9.17, 15) is 4.79 Å². The van der Waals surface area contributed by atoms with Crippen LogP contribution >= 0.6 is 0 Å². The van der Waals surface area contributed by atoms with Gasteiger partial charge in [-0.25, -0.2) is 0 Å². The molecule has 0 radical (unpaired) electrons. The summed E-state index contributed by atoms with van der Waals surface area (Å²) in [6.45, 7) is 3.71. The van der Waals surface area contributed by atoms with Gasteiger partial charge in [-0.05, 0) is 43.4 Å². The zero-order valence-electron chi connectivity index (χ0n) is 11.8. The van der Waals surface area contributed by atoms with Crippen LogP contribution in [0.25, 0.3) is 11.4 Å². The normalized spacial score (nSPS) is 14.5. The number of aryl methyl sites for hydroxylation is 1. The Kier molecular flexibility index (Phi) is 3.38. The van der Waals surface area contributed by atoms with Crippen LogP contribution in [0.1, 0.15) is 49.6 Å².